The lowest BCUT2D eigenvalue weighted by Crippen LogP contribution is -2.51. The number of carbonyl (C=O) groups is 1. The van der Waals surface area contributed by atoms with Crippen LogP contribution in [0.4, 0.5) is 0 Å². The van der Waals surface area contributed by atoms with Crippen molar-refractivity contribution >= 4 is 27.5 Å². The molecule has 0 spiro atoms. The van der Waals surface area contributed by atoms with Crippen LogP contribution in [-0.2, 0) is 9.47 Å². The molecule has 0 aliphatic carbocycles. The molecule has 6 nitrogen and oxygen atoms in total. The zero-order valence-corrected chi connectivity index (χ0v) is 15.8. The molecule has 136 valence electrons. The lowest BCUT2D eigenvalue weighted by Gasteiger charge is -2.32. The molecular weight excluding hydrogens is 338 g/mol. The van der Waals surface area contributed by atoms with E-state index in [0.717, 1.165) is 28.2 Å². The maximum Gasteiger partial charge on any atom is 0.251 e. The van der Waals surface area contributed by atoms with Gasteiger partial charge in [0.15, 0.2) is 0 Å². The number of aryl methyl sites for hydroxylation is 1. The Morgan fingerprint density at radius 1 is 1.48 bits per heavy atom. The highest BCUT2D eigenvalue weighted by Crippen LogP contribution is 2.23. The first-order chi connectivity index (χ1) is 12.0. The fourth-order valence-corrected chi connectivity index (χ4v) is 3.74. The van der Waals surface area contributed by atoms with Gasteiger partial charge in [-0.15, -0.1) is 11.3 Å². The third kappa shape index (κ3) is 4.76. The van der Waals surface area contributed by atoms with Gasteiger partial charge >= 0.3 is 0 Å². The molecule has 2 heterocycles. The van der Waals surface area contributed by atoms with Crippen molar-refractivity contribution in [3.05, 3.63) is 28.8 Å². The summed E-state index contributed by atoms with van der Waals surface area (Å²) in [5.41, 5.74) is 1.58. The number of rotatable bonds is 6. The minimum atomic E-state index is -0.123. The Hall–Kier alpha value is -1.54. The van der Waals surface area contributed by atoms with Crippen LogP contribution >= 0.6 is 11.3 Å². The minimum Gasteiger partial charge on any atom is -0.379 e. The van der Waals surface area contributed by atoms with Gasteiger partial charge in [0.05, 0.1) is 40.6 Å². The Morgan fingerprint density at radius 2 is 2.32 bits per heavy atom. The number of aromatic nitrogens is 1. The van der Waals surface area contributed by atoms with Crippen LogP contribution in [0.2, 0.25) is 0 Å². The molecule has 1 N–H and O–H groups in total. The number of likely N-dealkylation sites (N-methyl/N-ethyl adjacent to an activating group) is 1. The topological polar surface area (TPSA) is 63.7 Å². The quantitative estimate of drug-likeness (QED) is 0.851. The lowest BCUT2D eigenvalue weighted by molar-refractivity contribution is -0.0561. The highest BCUT2D eigenvalue weighted by Gasteiger charge is 2.28. The van der Waals surface area contributed by atoms with E-state index in [9.17, 15) is 4.79 Å². The summed E-state index contributed by atoms with van der Waals surface area (Å²) in [5.74, 6) is -0.0929. The number of hydrogen-bond donors (Lipinski definition) is 1. The van der Waals surface area contributed by atoms with Crippen molar-refractivity contribution in [2.75, 3.05) is 40.5 Å². The Bertz CT molecular complexity index is 731. The second kappa shape index (κ2) is 8.23. The van der Waals surface area contributed by atoms with Gasteiger partial charge in [0.1, 0.15) is 0 Å². The van der Waals surface area contributed by atoms with E-state index in [1.807, 2.05) is 39.2 Å². The van der Waals surface area contributed by atoms with Crippen LogP contribution in [0.3, 0.4) is 0 Å². The number of fused-ring (bicyclic) bond motifs is 1. The van der Waals surface area contributed by atoms with E-state index in [1.54, 1.807) is 11.3 Å². The molecule has 0 radical (unpaired) electrons. The van der Waals surface area contributed by atoms with Gasteiger partial charge in [-0.1, -0.05) is 0 Å². The molecule has 1 amide bonds. The number of benzene rings is 1. The number of hydrogen-bond acceptors (Lipinski definition) is 6. The number of nitrogens with zero attached hydrogens (tertiary/aromatic N) is 2. The van der Waals surface area contributed by atoms with Crippen LogP contribution in [0, 0.1) is 6.92 Å². The molecule has 2 atom stereocenters. The summed E-state index contributed by atoms with van der Waals surface area (Å²) in [7, 11) is 4.04. The number of nitrogens with one attached hydrogen (secondary N) is 1. The third-order valence-electron chi connectivity index (χ3n) is 4.24. The van der Waals surface area contributed by atoms with Crippen molar-refractivity contribution in [2.24, 2.45) is 0 Å². The van der Waals surface area contributed by atoms with E-state index in [1.165, 1.54) is 0 Å². The predicted octanol–water partition coefficient (Wildman–Crippen LogP) is 2.07. The van der Waals surface area contributed by atoms with Crippen LogP contribution in [-0.4, -0.2) is 68.4 Å². The summed E-state index contributed by atoms with van der Waals surface area (Å²) < 4.78 is 12.5. The van der Waals surface area contributed by atoms with E-state index in [4.69, 9.17) is 9.47 Å². The van der Waals surface area contributed by atoms with Gasteiger partial charge in [-0.25, -0.2) is 4.98 Å². The van der Waals surface area contributed by atoms with Gasteiger partial charge in [-0.2, -0.15) is 0 Å². The zero-order chi connectivity index (χ0) is 17.8. The Kier molecular flexibility index (Phi) is 6.01. The molecule has 1 aromatic heterocycles. The number of ether oxygens (including phenoxy) is 2. The summed E-state index contributed by atoms with van der Waals surface area (Å²) in [4.78, 5) is 19.2. The SMILES string of the molecule is Cc1nc2ccc(C(=O)N[C@@H]3COCC[C@@H]3OCCN(C)C)cc2s1. The van der Waals surface area contributed by atoms with Gasteiger partial charge in [-0.05, 0) is 45.6 Å². The van der Waals surface area contributed by atoms with Crippen molar-refractivity contribution in [3.63, 3.8) is 0 Å². The largest absolute Gasteiger partial charge is 0.379 e. The van der Waals surface area contributed by atoms with Gasteiger partial charge in [-0.3, -0.25) is 4.79 Å². The molecule has 0 saturated carbocycles. The molecule has 7 heteroatoms. The first-order valence-electron chi connectivity index (χ1n) is 8.55. The number of carbonyl (C=O) groups excluding carboxylic acids is 1. The van der Waals surface area contributed by atoms with Crippen LogP contribution < -0.4 is 5.32 Å². The average molecular weight is 363 g/mol. The van der Waals surface area contributed by atoms with Crippen molar-refractivity contribution < 1.29 is 14.3 Å². The Labute approximate surface area is 152 Å². The minimum absolute atomic E-state index is 0.00738. The van der Waals surface area contributed by atoms with Gasteiger partial charge in [0.25, 0.3) is 5.91 Å². The van der Waals surface area contributed by atoms with E-state index in [2.05, 4.69) is 15.2 Å². The van der Waals surface area contributed by atoms with Crippen LogP contribution in [0.25, 0.3) is 10.2 Å². The van der Waals surface area contributed by atoms with Gasteiger partial charge in [0.2, 0.25) is 0 Å². The van der Waals surface area contributed by atoms with Crippen molar-refractivity contribution in [1.82, 2.24) is 15.2 Å². The summed E-state index contributed by atoms with van der Waals surface area (Å²) >= 11 is 1.60. The third-order valence-corrected chi connectivity index (χ3v) is 5.17. The molecule has 2 aromatic rings. The van der Waals surface area contributed by atoms with E-state index in [0.29, 0.717) is 25.4 Å². The van der Waals surface area contributed by atoms with Crippen molar-refractivity contribution in [1.29, 1.82) is 0 Å². The maximum absolute atomic E-state index is 12.6. The fraction of sp³-hybridized carbons (Fsp3) is 0.556. The molecular formula is C18H25N3O3S. The van der Waals surface area contributed by atoms with Crippen LogP contribution in [0.5, 0.6) is 0 Å². The van der Waals surface area contributed by atoms with Gasteiger partial charge < -0.3 is 19.7 Å². The molecule has 1 fully saturated rings. The predicted molar refractivity (Wildman–Crippen MR) is 99.3 cm³/mol. The Balaban J connectivity index is 1.64. The van der Waals surface area contributed by atoms with E-state index in [-0.39, 0.29) is 18.1 Å². The fourth-order valence-electron chi connectivity index (χ4n) is 2.87. The standard InChI is InChI=1S/C18H25N3O3S/c1-12-19-14-5-4-13(10-17(14)25-12)18(22)20-15-11-23-8-6-16(15)24-9-7-21(2)3/h4-5,10,15-16H,6-9,11H2,1-3H3,(H,20,22)/t15-,16+/m1/s1. The highest BCUT2D eigenvalue weighted by atomic mass is 32.1. The van der Waals surface area contributed by atoms with E-state index < -0.39 is 0 Å². The van der Waals surface area contributed by atoms with Gasteiger partial charge in [0, 0.05) is 18.7 Å². The molecule has 1 saturated heterocycles. The number of thiazole rings is 1. The zero-order valence-electron chi connectivity index (χ0n) is 14.9. The highest BCUT2D eigenvalue weighted by molar-refractivity contribution is 7.18. The summed E-state index contributed by atoms with van der Waals surface area (Å²) in [6.45, 7) is 4.64. The average Bonchev–Trinajstić information content (AvgIpc) is 2.95. The summed E-state index contributed by atoms with van der Waals surface area (Å²) in [5, 5.41) is 4.08. The van der Waals surface area contributed by atoms with Crippen molar-refractivity contribution in [2.45, 2.75) is 25.5 Å². The van der Waals surface area contributed by atoms with Crippen LogP contribution in [0.1, 0.15) is 21.8 Å². The monoisotopic (exact) mass is 363 g/mol. The maximum atomic E-state index is 12.6. The smallest absolute Gasteiger partial charge is 0.251 e. The first kappa shape index (κ1) is 18.3. The lowest BCUT2D eigenvalue weighted by atomic mass is 10.1. The first-order valence-corrected chi connectivity index (χ1v) is 9.37. The Morgan fingerprint density at radius 3 is 3.12 bits per heavy atom. The number of amides is 1. The van der Waals surface area contributed by atoms with E-state index >= 15 is 0 Å². The molecule has 3 rings (SSSR count). The summed E-state index contributed by atoms with van der Waals surface area (Å²) in [6.07, 6.45) is 0.790. The second-order valence-corrected chi connectivity index (χ2v) is 7.81. The molecule has 1 aliphatic heterocycles. The molecule has 0 bridgehead atoms. The van der Waals surface area contributed by atoms with Crippen LogP contribution in [0.15, 0.2) is 18.2 Å². The summed E-state index contributed by atoms with van der Waals surface area (Å²) in [6, 6.07) is 5.50. The molecule has 0 unspecified atom stereocenters. The molecule has 25 heavy (non-hydrogen) atoms. The second-order valence-electron chi connectivity index (χ2n) is 6.57. The van der Waals surface area contributed by atoms with Crippen molar-refractivity contribution in [3.8, 4) is 0 Å². The molecule has 1 aromatic carbocycles. The normalized spacial score (nSPS) is 21.0. The molecule has 1 aliphatic rings.